The first-order chi connectivity index (χ1) is 14.7. The lowest BCUT2D eigenvalue weighted by atomic mass is 10.0. The summed E-state index contributed by atoms with van der Waals surface area (Å²) in [5.74, 6) is 0.404. The highest BCUT2D eigenvalue weighted by atomic mass is 19.1. The van der Waals surface area contributed by atoms with Crippen LogP contribution in [-0.4, -0.2) is 9.97 Å². The number of fused-ring (bicyclic) bond motifs is 2. The van der Waals surface area contributed by atoms with Crippen molar-refractivity contribution in [2.75, 3.05) is 0 Å². The van der Waals surface area contributed by atoms with E-state index in [1.165, 1.54) is 12.1 Å². The van der Waals surface area contributed by atoms with Crippen LogP contribution in [0, 0.1) is 5.82 Å². The van der Waals surface area contributed by atoms with E-state index in [9.17, 15) is 4.39 Å². The van der Waals surface area contributed by atoms with Gasteiger partial charge in [-0.3, -0.25) is 0 Å². The van der Waals surface area contributed by atoms with Crippen LogP contribution in [0.5, 0.6) is 0 Å². The molecule has 0 bridgehead atoms. The predicted molar refractivity (Wildman–Crippen MR) is 114 cm³/mol. The molecule has 0 aliphatic heterocycles. The quantitative estimate of drug-likeness (QED) is 0.350. The maximum Gasteiger partial charge on any atom is 0.138 e. The van der Waals surface area contributed by atoms with Crippen LogP contribution < -0.4 is 0 Å². The molecular weight excluding hydrogens is 379 g/mol. The Labute approximate surface area is 170 Å². The van der Waals surface area contributed by atoms with Crippen molar-refractivity contribution in [2.45, 2.75) is 0 Å². The van der Waals surface area contributed by atoms with Crippen LogP contribution in [0.2, 0.25) is 0 Å². The third-order valence-corrected chi connectivity index (χ3v) is 5.29. The van der Waals surface area contributed by atoms with E-state index in [-0.39, 0.29) is 5.82 Å². The van der Waals surface area contributed by atoms with Gasteiger partial charge in [0.25, 0.3) is 0 Å². The lowest BCUT2D eigenvalue weighted by Crippen LogP contribution is -1.84. The molecule has 3 heterocycles. The lowest BCUT2D eigenvalue weighted by Gasteiger charge is -2.04. The smallest absolute Gasteiger partial charge is 0.138 e. The van der Waals surface area contributed by atoms with Gasteiger partial charge in [-0.05, 0) is 72.8 Å². The van der Waals surface area contributed by atoms with E-state index in [1.807, 2.05) is 36.4 Å². The number of hydrogen-bond acceptors (Lipinski definition) is 3. The minimum atomic E-state index is -0.276. The van der Waals surface area contributed by atoms with Gasteiger partial charge in [0.1, 0.15) is 22.8 Å². The summed E-state index contributed by atoms with van der Waals surface area (Å²) in [7, 11) is 0. The molecule has 0 saturated heterocycles. The number of hydrogen-bond donors (Lipinski definition) is 1. The maximum absolute atomic E-state index is 13.4. The molecule has 0 aliphatic rings. The highest BCUT2D eigenvalue weighted by Gasteiger charge is 2.17. The molecule has 5 heteroatoms. The molecule has 0 saturated carbocycles. The lowest BCUT2D eigenvalue weighted by molar-refractivity contribution is 0.615. The van der Waals surface area contributed by atoms with Crippen LogP contribution in [0.25, 0.3) is 55.8 Å². The van der Waals surface area contributed by atoms with Gasteiger partial charge in [0.05, 0.1) is 23.9 Å². The van der Waals surface area contributed by atoms with Gasteiger partial charge in [-0.15, -0.1) is 0 Å². The number of nitrogens with zero attached hydrogens (tertiary/aromatic N) is 1. The van der Waals surface area contributed by atoms with Crippen LogP contribution in [-0.2, 0) is 0 Å². The fourth-order valence-electron chi connectivity index (χ4n) is 3.77. The van der Waals surface area contributed by atoms with Gasteiger partial charge in [-0.25, -0.2) is 9.37 Å². The molecule has 0 unspecified atom stereocenters. The Morgan fingerprint density at radius 3 is 1.97 bits per heavy atom. The Hall–Kier alpha value is -4.12. The van der Waals surface area contributed by atoms with Crippen molar-refractivity contribution in [1.82, 2.24) is 9.97 Å². The second kappa shape index (κ2) is 6.46. The fourth-order valence-corrected chi connectivity index (χ4v) is 3.77. The molecule has 0 amide bonds. The number of benzene rings is 3. The summed E-state index contributed by atoms with van der Waals surface area (Å²) in [6.45, 7) is 0. The topological polar surface area (TPSA) is 55.0 Å². The van der Waals surface area contributed by atoms with Crippen LogP contribution >= 0.6 is 0 Å². The van der Waals surface area contributed by atoms with Gasteiger partial charge in [-0.1, -0.05) is 0 Å². The van der Waals surface area contributed by atoms with E-state index in [4.69, 9.17) is 13.8 Å². The molecule has 6 aromatic rings. The van der Waals surface area contributed by atoms with Gasteiger partial charge < -0.3 is 13.8 Å². The van der Waals surface area contributed by atoms with Crippen molar-refractivity contribution in [3.63, 3.8) is 0 Å². The summed E-state index contributed by atoms with van der Waals surface area (Å²) in [6, 6.07) is 22.2. The first-order valence-corrected chi connectivity index (χ1v) is 9.56. The molecule has 0 atom stereocenters. The Kier molecular flexibility index (Phi) is 3.62. The molecule has 144 valence electrons. The largest absolute Gasteiger partial charge is 0.464 e. The number of nitrogens with one attached hydrogen (secondary N) is 1. The highest BCUT2D eigenvalue weighted by Crippen LogP contribution is 2.35. The van der Waals surface area contributed by atoms with E-state index in [0.717, 1.165) is 50.0 Å². The zero-order chi connectivity index (χ0) is 20.1. The number of rotatable bonds is 3. The molecule has 0 aliphatic carbocycles. The molecule has 3 aromatic heterocycles. The van der Waals surface area contributed by atoms with E-state index < -0.39 is 0 Å². The van der Waals surface area contributed by atoms with Crippen molar-refractivity contribution in [3.8, 4) is 33.9 Å². The molecule has 4 nitrogen and oxygen atoms in total. The summed E-state index contributed by atoms with van der Waals surface area (Å²) < 4.78 is 24.4. The number of imidazole rings is 1. The number of halogens is 1. The van der Waals surface area contributed by atoms with Crippen molar-refractivity contribution < 1.29 is 13.2 Å². The molecule has 0 radical (unpaired) electrons. The second-order valence-electron chi connectivity index (χ2n) is 7.16. The van der Waals surface area contributed by atoms with Gasteiger partial charge in [0.2, 0.25) is 0 Å². The van der Waals surface area contributed by atoms with Gasteiger partial charge >= 0.3 is 0 Å². The van der Waals surface area contributed by atoms with E-state index >= 15 is 0 Å². The molecule has 3 aromatic carbocycles. The minimum Gasteiger partial charge on any atom is -0.464 e. The number of aromatic nitrogens is 2. The summed E-state index contributed by atoms with van der Waals surface area (Å²) in [4.78, 5) is 8.33. The van der Waals surface area contributed by atoms with Crippen molar-refractivity contribution in [1.29, 1.82) is 0 Å². The average Bonchev–Trinajstić information content (AvgIpc) is 3.51. The Morgan fingerprint density at radius 2 is 1.27 bits per heavy atom. The molecule has 1 N–H and O–H groups in total. The Morgan fingerprint density at radius 1 is 0.667 bits per heavy atom. The van der Waals surface area contributed by atoms with Crippen LogP contribution in [0.15, 0.2) is 94.2 Å². The van der Waals surface area contributed by atoms with Gasteiger partial charge in [-0.2, -0.15) is 0 Å². The predicted octanol–water partition coefficient (Wildman–Crippen LogP) is 7.04. The molecular formula is C25H15FN2O2. The molecule has 0 fully saturated rings. The fraction of sp³-hybridized carbons (Fsp3) is 0. The third-order valence-electron chi connectivity index (χ3n) is 5.29. The summed E-state index contributed by atoms with van der Waals surface area (Å²) in [5, 5.41) is 2.02. The monoisotopic (exact) mass is 394 g/mol. The van der Waals surface area contributed by atoms with Gasteiger partial charge in [0, 0.05) is 27.5 Å². The summed E-state index contributed by atoms with van der Waals surface area (Å²) in [6.07, 6.45) is 3.36. The zero-order valence-corrected chi connectivity index (χ0v) is 15.7. The molecule has 0 spiro atoms. The number of furan rings is 2. The van der Waals surface area contributed by atoms with E-state index in [0.29, 0.717) is 5.82 Å². The van der Waals surface area contributed by atoms with Crippen LogP contribution in [0.3, 0.4) is 0 Å². The van der Waals surface area contributed by atoms with Crippen molar-refractivity contribution in [2.24, 2.45) is 0 Å². The highest BCUT2D eigenvalue weighted by molar-refractivity contribution is 5.90. The Balaban J connectivity index is 1.57. The number of aromatic amines is 1. The molecule has 6 rings (SSSR count). The standard InChI is InChI=1S/C25H15FN2O2/c26-20-5-1-15(2-6-20)25-27-23(18-3-7-21-16(13-18)9-11-29-21)24(28-25)19-4-8-22-17(14-19)10-12-30-22/h1-14H,(H,27,28). The van der Waals surface area contributed by atoms with Crippen LogP contribution in [0.4, 0.5) is 4.39 Å². The third kappa shape index (κ3) is 2.71. The van der Waals surface area contributed by atoms with E-state index in [1.54, 1.807) is 24.7 Å². The normalized spacial score (nSPS) is 11.5. The SMILES string of the molecule is Fc1ccc(-c2nc(-c3ccc4occc4c3)c(-c3ccc4occc4c3)[nH]2)cc1. The van der Waals surface area contributed by atoms with Crippen molar-refractivity contribution in [3.05, 3.63) is 91.1 Å². The maximum atomic E-state index is 13.4. The first kappa shape index (κ1) is 16.8. The minimum absolute atomic E-state index is 0.276. The summed E-state index contributed by atoms with van der Waals surface area (Å²) >= 11 is 0. The zero-order valence-electron chi connectivity index (χ0n) is 15.7. The first-order valence-electron chi connectivity index (χ1n) is 9.56. The Bertz CT molecular complexity index is 1410. The van der Waals surface area contributed by atoms with Crippen LogP contribution in [0.1, 0.15) is 0 Å². The van der Waals surface area contributed by atoms with Gasteiger partial charge in [0.15, 0.2) is 0 Å². The average molecular weight is 394 g/mol. The number of H-pyrrole nitrogens is 1. The van der Waals surface area contributed by atoms with Crippen molar-refractivity contribution >= 4 is 21.9 Å². The summed E-state index contributed by atoms with van der Waals surface area (Å²) in [5.41, 5.74) is 6.15. The second-order valence-corrected chi connectivity index (χ2v) is 7.16. The molecule has 30 heavy (non-hydrogen) atoms. The van der Waals surface area contributed by atoms with E-state index in [2.05, 4.69) is 17.1 Å².